The highest BCUT2D eigenvalue weighted by Gasteiger charge is 2.14. The number of hydrogen-bond donors (Lipinski definition) is 1. The van der Waals surface area contributed by atoms with Crippen molar-refractivity contribution < 1.29 is 9.50 Å². The molecule has 84 valence electrons. The number of halogens is 2. The van der Waals surface area contributed by atoms with Crippen LogP contribution in [-0.4, -0.2) is 13.9 Å². The minimum absolute atomic E-state index is 0.137. The SMILES string of the molecule is OC(Cc1cc(Cl)ccc1F)c1cnsn1. The Morgan fingerprint density at radius 2 is 2.31 bits per heavy atom. The Morgan fingerprint density at radius 3 is 3.00 bits per heavy atom. The third-order valence-corrected chi connectivity index (χ3v) is 2.87. The van der Waals surface area contributed by atoms with Gasteiger partial charge in [0.1, 0.15) is 17.6 Å². The number of benzene rings is 1. The van der Waals surface area contributed by atoms with Gasteiger partial charge in [-0.2, -0.15) is 8.75 Å². The Labute approximate surface area is 101 Å². The fourth-order valence-electron chi connectivity index (χ4n) is 1.33. The summed E-state index contributed by atoms with van der Waals surface area (Å²) >= 11 is 6.76. The molecule has 1 N–H and O–H groups in total. The molecule has 1 aromatic heterocycles. The van der Waals surface area contributed by atoms with Crippen molar-refractivity contribution in [3.05, 3.63) is 46.5 Å². The molecule has 3 nitrogen and oxygen atoms in total. The number of aliphatic hydroxyl groups excluding tert-OH is 1. The van der Waals surface area contributed by atoms with E-state index in [-0.39, 0.29) is 12.2 Å². The first-order chi connectivity index (χ1) is 7.66. The standard InChI is InChI=1S/C10H8ClFN2OS/c11-7-1-2-8(12)6(3-7)4-10(15)9-5-13-16-14-9/h1-3,5,10,15H,4H2. The van der Waals surface area contributed by atoms with Crippen LogP contribution in [0.25, 0.3) is 0 Å². The first-order valence-corrected chi connectivity index (χ1v) is 5.67. The summed E-state index contributed by atoms with van der Waals surface area (Å²) in [5.41, 5.74) is 0.817. The zero-order chi connectivity index (χ0) is 11.5. The van der Waals surface area contributed by atoms with Gasteiger partial charge < -0.3 is 5.11 Å². The number of aromatic nitrogens is 2. The minimum Gasteiger partial charge on any atom is -0.386 e. The lowest BCUT2D eigenvalue weighted by atomic mass is 10.1. The van der Waals surface area contributed by atoms with Crippen LogP contribution in [0.1, 0.15) is 17.4 Å². The molecule has 0 radical (unpaired) electrons. The molecule has 2 rings (SSSR count). The van der Waals surface area contributed by atoms with Crippen LogP contribution in [0.2, 0.25) is 5.02 Å². The molecule has 0 aliphatic carbocycles. The number of hydrogen-bond acceptors (Lipinski definition) is 4. The maximum atomic E-state index is 13.4. The fourth-order valence-corrected chi connectivity index (χ4v) is 1.99. The molecule has 1 unspecified atom stereocenters. The van der Waals surface area contributed by atoms with Crippen molar-refractivity contribution in [2.75, 3.05) is 0 Å². The predicted molar refractivity (Wildman–Crippen MR) is 60.0 cm³/mol. The van der Waals surface area contributed by atoms with Crippen LogP contribution in [0.4, 0.5) is 4.39 Å². The average Bonchev–Trinajstić information content (AvgIpc) is 2.76. The largest absolute Gasteiger partial charge is 0.386 e. The molecule has 1 atom stereocenters. The highest BCUT2D eigenvalue weighted by Crippen LogP contribution is 2.21. The van der Waals surface area contributed by atoms with Crippen molar-refractivity contribution in [3.63, 3.8) is 0 Å². The van der Waals surface area contributed by atoms with Crippen LogP contribution in [-0.2, 0) is 6.42 Å². The summed E-state index contributed by atoms with van der Waals surface area (Å²) in [4.78, 5) is 0. The zero-order valence-electron chi connectivity index (χ0n) is 8.10. The van der Waals surface area contributed by atoms with Crippen LogP contribution >= 0.6 is 23.3 Å². The van der Waals surface area contributed by atoms with E-state index >= 15 is 0 Å². The second kappa shape index (κ2) is 4.86. The van der Waals surface area contributed by atoms with E-state index in [9.17, 15) is 9.50 Å². The summed E-state index contributed by atoms with van der Waals surface area (Å²) in [5.74, 6) is -0.383. The molecule has 0 spiro atoms. The quantitative estimate of drug-likeness (QED) is 0.921. The number of rotatable bonds is 3. The van der Waals surface area contributed by atoms with Crippen LogP contribution < -0.4 is 0 Å². The van der Waals surface area contributed by atoms with Crippen molar-refractivity contribution in [1.29, 1.82) is 0 Å². The van der Waals surface area contributed by atoms with Gasteiger partial charge in [-0.1, -0.05) is 11.6 Å². The molecule has 1 heterocycles. The normalized spacial score (nSPS) is 12.7. The van der Waals surface area contributed by atoms with E-state index in [0.717, 1.165) is 11.7 Å². The Kier molecular flexibility index (Phi) is 3.48. The van der Waals surface area contributed by atoms with Gasteiger partial charge in [0.25, 0.3) is 0 Å². The van der Waals surface area contributed by atoms with E-state index in [0.29, 0.717) is 16.3 Å². The molecule has 0 aliphatic heterocycles. The van der Waals surface area contributed by atoms with Crippen LogP contribution in [0.15, 0.2) is 24.4 Å². The van der Waals surface area contributed by atoms with E-state index < -0.39 is 6.10 Å². The lowest BCUT2D eigenvalue weighted by Gasteiger charge is -2.08. The van der Waals surface area contributed by atoms with Crippen molar-refractivity contribution >= 4 is 23.3 Å². The van der Waals surface area contributed by atoms with Gasteiger partial charge in [-0.15, -0.1) is 0 Å². The molecule has 0 fully saturated rings. The monoisotopic (exact) mass is 258 g/mol. The Balaban J connectivity index is 2.17. The Bertz CT molecular complexity index is 478. The first kappa shape index (κ1) is 11.4. The fraction of sp³-hybridized carbons (Fsp3) is 0.200. The molecule has 0 bridgehead atoms. The van der Waals surface area contributed by atoms with Crippen molar-refractivity contribution in [1.82, 2.24) is 8.75 Å². The maximum absolute atomic E-state index is 13.4. The predicted octanol–water partition coefficient (Wildman–Crippen LogP) is 2.61. The zero-order valence-corrected chi connectivity index (χ0v) is 9.67. The average molecular weight is 259 g/mol. The van der Waals surface area contributed by atoms with Gasteiger partial charge in [0.15, 0.2) is 0 Å². The summed E-state index contributed by atoms with van der Waals surface area (Å²) in [6, 6.07) is 4.25. The third-order valence-electron chi connectivity index (χ3n) is 2.14. The first-order valence-electron chi connectivity index (χ1n) is 4.56. The van der Waals surface area contributed by atoms with Crippen LogP contribution in [0, 0.1) is 5.82 Å². The summed E-state index contributed by atoms with van der Waals surface area (Å²) in [7, 11) is 0. The molecular formula is C10H8ClFN2OS. The van der Waals surface area contributed by atoms with E-state index in [4.69, 9.17) is 11.6 Å². The Morgan fingerprint density at radius 1 is 1.50 bits per heavy atom. The van der Waals surface area contributed by atoms with Crippen molar-refractivity contribution in [3.8, 4) is 0 Å². The van der Waals surface area contributed by atoms with Gasteiger partial charge in [0.2, 0.25) is 0 Å². The van der Waals surface area contributed by atoms with Crippen molar-refractivity contribution in [2.24, 2.45) is 0 Å². The summed E-state index contributed by atoms with van der Waals surface area (Å²) < 4.78 is 21.0. The Hall–Kier alpha value is -1.04. The number of aliphatic hydroxyl groups is 1. The second-order valence-corrected chi connectivity index (χ2v) is 4.28. The summed E-state index contributed by atoms with van der Waals surface area (Å²) in [5, 5.41) is 10.2. The molecule has 1 aromatic carbocycles. The van der Waals surface area contributed by atoms with Gasteiger partial charge in [-0.3, -0.25) is 0 Å². The molecule has 0 saturated heterocycles. The van der Waals surface area contributed by atoms with Crippen molar-refractivity contribution in [2.45, 2.75) is 12.5 Å². The summed E-state index contributed by atoms with van der Waals surface area (Å²) in [6.45, 7) is 0. The number of nitrogens with zero attached hydrogens (tertiary/aromatic N) is 2. The van der Waals surface area contributed by atoms with E-state index in [1.165, 1.54) is 24.4 Å². The summed E-state index contributed by atoms with van der Waals surface area (Å²) in [6.07, 6.45) is 0.752. The van der Waals surface area contributed by atoms with Gasteiger partial charge >= 0.3 is 0 Å². The lowest BCUT2D eigenvalue weighted by Crippen LogP contribution is -2.03. The molecule has 0 saturated carbocycles. The molecule has 0 aliphatic rings. The molecular weight excluding hydrogens is 251 g/mol. The second-order valence-electron chi connectivity index (χ2n) is 3.29. The van der Waals surface area contributed by atoms with Gasteiger partial charge in [0, 0.05) is 11.4 Å². The van der Waals surface area contributed by atoms with Gasteiger partial charge in [-0.05, 0) is 23.8 Å². The molecule has 16 heavy (non-hydrogen) atoms. The molecule has 6 heteroatoms. The van der Waals surface area contributed by atoms with E-state index in [1.807, 2.05) is 0 Å². The lowest BCUT2D eigenvalue weighted by molar-refractivity contribution is 0.173. The minimum atomic E-state index is -0.855. The van der Waals surface area contributed by atoms with Crippen LogP contribution in [0.5, 0.6) is 0 Å². The topological polar surface area (TPSA) is 46.0 Å². The molecule has 2 aromatic rings. The smallest absolute Gasteiger partial charge is 0.126 e. The van der Waals surface area contributed by atoms with Gasteiger partial charge in [-0.25, -0.2) is 4.39 Å². The van der Waals surface area contributed by atoms with Crippen LogP contribution in [0.3, 0.4) is 0 Å². The van der Waals surface area contributed by atoms with E-state index in [1.54, 1.807) is 0 Å². The highest BCUT2D eigenvalue weighted by atomic mass is 35.5. The van der Waals surface area contributed by atoms with E-state index in [2.05, 4.69) is 8.75 Å². The van der Waals surface area contributed by atoms with Gasteiger partial charge in [0.05, 0.1) is 17.9 Å². The maximum Gasteiger partial charge on any atom is 0.126 e. The third kappa shape index (κ3) is 2.55. The molecule has 0 amide bonds. The highest BCUT2D eigenvalue weighted by molar-refractivity contribution is 6.99.